The SMILES string of the molecule is O=C(COc1ccc(Cl)cc1Br)Nc1ccc(C(=O)OC2CCCCC2)cc1. The lowest BCUT2D eigenvalue weighted by atomic mass is 9.98. The number of carbonyl (C=O) groups is 2. The van der Waals surface area contributed by atoms with Gasteiger partial charge >= 0.3 is 5.97 Å². The number of carbonyl (C=O) groups excluding carboxylic acids is 2. The van der Waals surface area contributed by atoms with E-state index in [1.165, 1.54) is 6.42 Å². The lowest BCUT2D eigenvalue weighted by Gasteiger charge is -2.21. The Morgan fingerprint density at radius 2 is 1.79 bits per heavy atom. The van der Waals surface area contributed by atoms with Crippen molar-refractivity contribution in [2.45, 2.75) is 38.2 Å². The van der Waals surface area contributed by atoms with Crippen LogP contribution < -0.4 is 10.1 Å². The maximum Gasteiger partial charge on any atom is 0.338 e. The highest BCUT2D eigenvalue weighted by Crippen LogP contribution is 2.28. The topological polar surface area (TPSA) is 64.6 Å². The van der Waals surface area contributed by atoms with Gasteiger partial charge in [-0.15, -0.1) is 0 Å². The number of anilines is 1. The fourth-order valence-corrected chi connectivity index (χ4v) is 3.82. The zero-order chi connectivity index (χ0) is 19.9. The lowest BCUT2D eigenvalue weighted by Crippen LogP contribution is -2.21. The molecule has 5 nitrogen and oxygen atoms in total. The predicted octanol–water partition coefficient (Wildman–Crippen LogP) is 5.61. The molecule has 0 saturated heterocycles. The third-order valence-electron chi connectivity index (χ3n) is 4.48. The minimum atomic E-state index is -0.319. The molecule has 2 aromatic rings. The van der Waals surface area contributed by atoms with E-state index in [9.17, 15) is 9.59 Å². The molecular weight excluding hydrogens is 446 g/mol. The van der Waals surface area contributed by atoms with E-state index in [4.69, 9.17) is 21.1 Å². The Balaban J connectivity index is 1.49. The maximum absolute atomic E-state index is 12.2. The number of nitrogens with one attached hydrogen (secondary N) is 1. The van der Waals surface area contributed by atoms with Crippen molar-refractivity contribution < 1.29 is 19.1 Å². The second kappa shape index (κ2) is 9.94. The highest BCUT2D eigenvalue weighted by atomic mass is 79.9. The quantitative estimate of drug-likeness (QED) is 0.562. The molecule has 7 heteroatoms. The van der Waals surface area contributed by atoms with E-state index < -0.39 is 0 Å². The van der Waals surface area contributed by atoms with Gasteiger partial charge in [0.1, 0.15) is 11.9 Å². The third kappa shape index (κ3) is 5.97. The van der Waals surface area contributed by atoms with Gasteiger partial charge in [-0.25, -0.2) is 4.79 Å². The van der Waals surface area contributed by atoms with Gasteiger partial charge in [0.05, 0.1) is 10.0 Å². The summed E-state index contributed by atoms with van der Waals surface area (Å²) in [5, 5.41) is 3.31. The second-order valence-electron chi connectivity index (χ2n) is 6.65. The molecule has 0 atom stereocenters. The molecule has 1 aliphatic carbocycles. The van der Waals surface area contributed by atoms with Gasteiger partial charge in [0.2, 0.25) is 0 Å². The monoisotopic (exact) mass is 465 g/mol. The van der Waals surface area contributed by atoms with E-state index in [0.29, 0.717) is 26.5 Å². The first-order chi connectivity index (χ1) is 13.5. The molecule has 0 radical (unpaired) electrons. The van der Waals surface area contributed by atoms with Gasteiger partial charge in [0.15, 0.2) is 6.61 Å². The Labute approximate surface area is 177 Å². The zero-order valence-electron chi connectivity index (χ0n) is 15.3. The molecule has 3 rings (SSSR count). The number of benzene rings is 2. The van der Waals surface area contributed by atoms with Gasteiger partial charge in [-0.2, -0.15) is 0 Å². The van der Waals surface area contributed by atoms with Gasteiger partial charge in [0, 0.05) is 10.7 Å². The van der Waals surface area contributed by atoms with E-state index in [1.54, 1.807) is 42.5 Å². The van der Waals surface area contributed by atoms with Crippen LogP contribution in [0.25, 0.3) is 0 Å². The molecule has 0 spiro atoms. The summed E-state index contributed by atoms with van der Waals surface area (Å²) in [6, 6.07) is 11.7. The van der Waals surface area contributed by atoms with Crippen molar-refractivity contribution in [1.82, 2.24) is 0 Å². The molecule has 0 unspecified atom stereocenters. The number of halogens is 2. The number of esters is 1. The fraction of sp³-hybridized carbons (Fsp3) is 0.333. The standard InChI is InChI=1S/C21H21BrClNO4/c22-18-12-15(23)8-11-19(18)27-13-20(25)24-16-9-6-14(7-10-16)21(26)28-17-4-2-1-3-5-17/h6-12,17H,1-5,13H2,(H,24,25). The normalized spacial score (nSPS) is 14.4. The van der Waals surface area contributed by atoms with E-state index >= 15 is 0 Å². The number of ether oxygens (including phenoxy) is 2. The van der Waals surface area contributed by atoms with Crippen molar-refractivity contribution in [2.24, 2.45) is 0 Å². The zero-order valence-corrected chi connectivity index (χ0v) is 17.6. The molecule has 1 saturated carbocycles. The van der Waals surface area contributed by atoms with Gasteiger partial charge < -0.3 is 14.8 Å². The van der Waals surface area contributed by atoms with E-state index in [1.807, 2.05) is 0 Å². The van der Waals surface area contributed by atoms with Gasteiger partial charge in [-0.3, -0.25) is 4.79 Å². The molecular formula is C21H21BrClNO4. The van der Waals surface area contributed by atoms with Crippen molar-refractivity contribution in [2.75, 3.05) is 11.9 Å². The van der Waals surface area contributed by atoms with Crippen molar-refractivity contribution in [1.29, 1.82) is 0 Å². The maximum atomic E-state index is 12.2. The highest BCUT2D eigenvalue weighted by Gasteiger charge is 2.18. The van der Waals surface area contributed by atoms with Crippen LogP contribution >= 0.6 is 27.5 Å². The highest BCUT2D eigenvalue weighted by molar-refractivity contribution is 9.10. The molecule has 0 aromatic heterocycles. The van der Waals surface area contributed by atoms with Crippen LogP contribution in [0, 0.1) is 0 Å². The van der Waals surface area contributed by atoms with Crippen LogP contribution in [-0.4, -0.2) is 24.6 Å². The average molecular weight is 467 g/mol. The first-order valence-corrected chi connectivity index (χ1v) is 10.4. The minimum Gasteiger partial charge on any atom is -0.483 e. The van der Waals surface area contributed by atoms with E-state index in [2.05, 4.69) is 21.2 Å². The molecule has 1 N–H and O–H groups in total. The second-order valence-corrected chi connectivity index (χ2v) is 7.95. The van der Waals surface area contributed by atoms with Crippen LogP contribution in [0.1, 0.15) is 42.5 Å². The smallest absolute Gasteiger partial charge is 0.338 e. The first-order valence-electron chi connectivity index (χ1n) is 9.20. The van der Waals surface area contributed by atoms with Crippen LogP contribution in [0.4, 0.5) is 5.69 Å². The van der Waals surface area contributed by atoms with Crippen LogP contribution in [0.15, 0.2) is 46.9 Å². The van der Waals surface area contributed by atoms with Gasteiger partial charge in [-0.05, 0) is 84.1 Å². The summed E-state index contributed by atoms with van der Waals surface area (Å²) in [6.45, 7) is -0.147. The molecule has 2 aromatic carbocycles. The minimum absolute atomic E-state index is 0.0185. The summed E-state index contributed by atoms with van der Waals surface area (Å²) in [5.41, 5.74) is 1.06. The number of hydrogen-bond donors (Lipinski definition) is 1. The Hall–Kier alpha value is -2.05. The fourth-order valence-electron chi connectivity index (χ4n) is 3.02. The summed E-state index contributed by atoms with van der Waals surface area (Å²) in [7, 11) is 0. The van der Waals surface area contributed by atoms with Gasteiger partial charge in [0.25, 0.3) is 5.91 Å². The molecule has 1 amide bonds. The molecule has 28 heavy (non-hydrogen) atoms. The molecule has 1 fully saturated rings. The third-order valence-corrected chi connectivity index (χ3v) is 5.34. The largest absolute Gasteiger partial charge is 0.483 e. The number of rotatable bonds is 6. The molecule has 148 valence electrons. The number of hydrogen-bond acceptors (Lipinski definition) is 4. The van der Waals surface area contributed by atoms with Crippen molar-refractivity contribution >= 4 is 45.1 Å². The van der Waals surface area contributed by atoms with Crippen LogP contribution in [0.2, 0.25) is 5.02 Å². The van der Waals surface area contributed by atoms with Crippen molar-refractivity contribution in [3.8, 4) is 5.75 Å². The molecule has 0 aliphatic heterocycles. The van der Waals surface area contributed by atoms with Crippen LogP contribution in [0.3, 0.4) is 0 Å². The van der Waals surface area contributed by atoms with E-state index in [-0.39, 0.29) is 24.6 Å². The summed E-state index contributed by atoms with van der Waals surface area (Å²) < 4.78 is 11.7. The average Bonchev–Trinajstić information content (AvgIpc) is 2.68. The van der Waals surface area contributed by atoms with Crippen molar-refractivity contribution in [3.63, 3.8) is 0 Å². The Kier molecular flexibility index (Phi) is 7.34. The van der Waals surface area contributed by atoms with E-state index in [0.717, 1.165) is 25.7 Å². The van der Waals surface area contributed by atoms with Gasteiger partial charge in [-0.1, -0.05) is 18.0 Å². The summed E-state index contributed by atoms with van der Waals surface area (Å²) >= 11 is 9.21. The first kappa shape index (κ1) is 20.7. The molecule has 0 bridgehead atoms. The lowest BCUT2D eigenvalue weighted by molar-refractivity contribution is -0.118. The number of amides is 1. The van der Waals surface area contributed by atoms with Crippen LogP contribution in [-0.2, 0) is 9.53 Å². The summed E-state index contributed by atoms with van der Waals surface area (Å²) in [4.78, 5) is 24.3. The van der Waals surface area contributed by atoms with Crippen LogP contribution in [0.5, 0.6) is 5.75 Å². The van der Waals surface area contributed by atoms with Crippen molar-refractivity contribution in [3.05, 3.63) is 57.5 Å². The molecule has 0 heterocycles. The molecule has 1 aliphatic rings. The summed E-state index contributed by atoms with van der Waals surface area (Å²) in [6.07, 6.45) is 5.31. The Morgan fingerprint density at radius 3 is 2.46 bits per heavy atom. The Bertz CT molecular complexity index is 835. The predicted molar refractivity (Wildman–Crippen MR) is 112 cm³/mol. The summed E-state index contributed by atoms with van der Waals surface area (Å²) in [5.74, 6) is -0.0968. The Morgan fingerprint density at radius 1 is 1.07 bits per heavy atom.